The van der Waals surface area contributed by atoms with Crippen molar-refractivity contribution in [2.75, 3.05) is 0 Å². The van der Waals surface area contributed by atoms with Gasteiger partial charge in [0.15, 0.2) is 0 Å². The fourth-order valence-corrected chi connectivity index (χ4v) is 2.84. The Bertz CT molecular complexity index is 775. The van der Waals surface area contributed by atoms with Gasteiger partial charge in [-0.3, -0.25) is 14.9 Å². The highest BCUT2D eigenvalue weighted by Gasteiger charge is 2.29. The molecule has 2 aromatic rings. The van der Waals surface area contributed by atoms with Gasteiger partial charge in [-0.25, -0.2) is 4.79 Å². The molecule has 2 amide bonds. The van der Waals surface area contributed by atoms with Gasteiger partial charge in [0.05, 0.1) is 17.0 Å². The number of hydrogen-bond donors (Lipinski definition) is 2. The molecule has 1 aromatic heterocycles. The third-order valence-corrected chi connectivity index (χ3v) is 3.86. The Morgan fingerprint density at radius 2 is 2.14 bits per heavy atom. The number of piperidine rings is 1. The zero-order valence-electron chi connectivity index (χ0n) is 11.4. The highest BCUT2D eigenvalue weighted by Crippen LogP contribution is 2.30. The van der Waals surface area contributed by atoms with E-state index in [2.05, 4.69) is 5.32 Å². The van der Waals surface area contributed by atoms with E-state index in [4.69, 9.17) is 0 Å². The number of carboxylic acid groups (broad SMARTS) is 1. The van der Waals surface area contributed by atoms with Crippen molar-refractivity contribution in [1.29, 1.82) is 0 Å². The lowest BCUT2D eigenvalue weighted by Crippen LogP contribution is -2.39. The number of carbonyl (C=O) groups is 3. The number of imide groups is 1. The van der Waals surface area contributed by atoms with Crippen LogP contribution in [0.25, 0.3) is 10.9 Å². The molecule has 2 N–H and O–H groups in total. The summed E-state index contributed by atoms with van der Waals surface area (Å²) in [4.78, 5) is 34.6. The van der Waals surface area contributed by atoms with Crippen molar-refractivity contribution in [3.05, 3.63) is 35.5 Å². The SMILES string of the molecule is Cn1ccc2cc(C3CCC(=O)NC3=O)cc(C(=O)O)c21. The number of fused-ring (bicyclic) bond motifs is 1. The molecule has 0 spiro atoms. The number of hydrogen-bond acceptors (Lipinski definition) is 3. The van der Waals surface area contributed by atoms with Crippen molar-refractivity contribution in [3.8, 4) is 0 Å². The molecule has 0 radical (unpaired) electrons. The number of benzene rings is 1. The fraction of sp³-hybridized carbons (Fsp3) is 0.267. The normalized spacial score (nSPS) is 18.8. The van der Waals surface area contributed by atoms with Crippen molar-refractivity contribution in [2.45, 2.75) is 18.8 Å². The lowest BCUT2D eigenvalue weighted by atomic mass is 9.88. The van der Waals surface area contributed by atoms with E-state index in [0.29, 0.717) is 17.5 Å². The number of carbonyl (C=O) groups excluding carboxylic acids is 2. The first kappa shape index (κ1) is 13.4. The Kier molecular flexibility index (Phi) is 3.01. The van der Waals surface area contributed by atoms with Crippen LogP contribution in [0.2, 0.25) is 0 Å². The molecule has 1 unspecified atom stereocenters. The van der Waals surface area contributed by atoms with Crippen LogP contribution in [0.1, 0.15) is 34.7 Å². The minimum absolute atomic E-state index is 0.166. The number of rotatable bonds is 2. The molecule has 1 aliphatic heterocycles. The van der Waals surface area contributed by atoms with E-state index in [1.54, 1.807) is 17.8 Å². The highest BCUT2D eigenvalue weighted by molar-refractivity contribution is 6.05. The molecule has 1 aliphatic rings. The van der Waals surface area contributed by atoms with Gasteiger partial charge in [0, 0.05) is 25.1 Å². The van der Waals surface area contributed by atoms with Crippen LogP contribution in [0, 0.1) is 0 Å². The maximum absolute atomic E-state index is 11.9. The number of nitrogens with one attached hydrogen (secondary N) is 1. The monoisotopic (exact) mass is 286 g/mol. The maximum Gasteiger partial charge on any atom is 0.337 e. The average Bonchev–Trinajstić information content (AvgIpc) is 2.79. The Morgan fingerprint density at radius 1 is 1.38 bits per heavy atom. The van der Waals surface area contributed by atoms with E-state index >= 15 is 0 Å². The molecule has 1 aromatic carbocycles. The lowest BCUT2D eigenvalue weighted by molar-refractivity contribution is -0.134. The Morgan fingerprint density at radius 3 is 2.81 bits per heavy atom. The molecule has 3 rings (SSSR count). The molecule has 0 bridgehead atoms. The smallest absolute Gasteiger partial charge is 0.337 e. The van der Waals surface area contributed by atoms with Crippen LogP contribution in [0.15, 0.2) is 24.4 Å². The zero-order valence-corrected chi connectivity index (χ0v) is 11.4. The largest absolute Gasteiger partial charge is 0.478 e. The number of aryl methyl sites for hydroxylation is 1. The van der Waals surface area contributed by atoms with E-state index < -0.39 is 11.9 Å². The third kappa shape index (κ3) is 2.18. The summed E-state index contributed by atoms with van der Waals surface area (Å²) >= 11 is 0. The van der Waals surface area contributed by atoms with Crippen molar-refractivity contribution in [1.82, 2.24) is 9.88 Å². The minimum Gasteiger partial charge on any atom is -0.478 e. The average molecular weight is 286 g/mol. The Hall–Kier alpha value is -2.63. The third-order valence-electron chi connectivity index (χ3n) is 3.86. The van der Waals surface area contributed by atoms with Crippen molar-refractivity contribution < 1.29 is 19.5 Å². The van der Waals surface area contributed by atoms with Crippen molar-refractivity contribution >= 4 is 28.7 Å². The molecular formula is C15H14N2O4. The van der Waals surface area contributed by atoms with Crippen LogP contribution in [-0.4, -0.2) is 27.5 Å². The van der Waals surface area contributed by atoms with Crippen molar-refractivity contribution in [2.24, 2.45) is 7.05 Å². The van der Waals surface area contributed by atoms with Gasteiger partial charge in [0.2, 0.25) is 11.8 Å². The van der Waals surface area contributed by atoms with Crippen LogP contribution < -0.4 is 5.32 Å². The van der Waals surface area contributed by atoms with Gasteiger partial charge in [-0.15, -0.1) is 0 Å². The summed E-state index contributed by atoms with van der Waals surface area (Å²) in [6.45, 7) is 0. The Balaban J connectivity index is 2.14. The van der Waals surface area contributed by atoms with Gasteiger partial charge < -0.3 is 9.67 Å². The van der Waals surface area contributed by atoms with Crippen LogP contribution in [0.4, 0.5) is 0 Å². The first-order chi connectivity index (χ1) is 9.97. The van der Waals surface area contributed by atoms with Crippen molar-refractivity contribution in [3.63, 3.8) is 0 Å². The molecular weight excluding hydrogens is 272 g/mol. The summed E-state index contributed by atoms with van der Waals surface area (Å²) < 4.78 is 1.74. The lowest BCUT2D eigenvalue weighted by Gasteiger charge is -2.21. The van der Waals surface area contributed by atoms with Gasteiger partial charge >= 0.3 is 5.97 Å². The minimum atomic E-state index is -1.03. The van der Waals surface area contributed by atoms with Gasteiger partial charge in [0.25, 0.3) is 0 Å². The van der Waals surface area contributed by atoms with Crippen LogP contribution in [0.5, 0.6) is 0 Å². The fourth-order valence-electron chi connectivity index (χ4n) is 2.84. The second-order valence-corrected chi connectivity index (χ2v) is 5.24. The van der Waals surface area contributed by atoms with Gasteiger partial charge in [-0.2, -0.15) is 0 Å². The molecule has 108 valence electrons. The van der Waals surface area contributed by atoms with Crippen LogP contribution >= 0.6 is 0 Å². The second-order valence-electron chi connectivity index (χ2n) is 5.24. The van der Waals surface area contributed by atoms with Gasteiger partial charge in [-0.05, 0) is 30.2 Å². The maximum atomic E-state index is 11.9. The number of carboxylic acids is 1. The number of aromatic nitrogens is 1. The van der Waals surface area contributed by atoms with E-state index in [9.17, 15) is 19.5 Å². The molecule has 6 nitrogen and oxygen atoms in total. The molecule has 1 fully saturated rings. The summed E-state index contributed by atoms with van der Waals surface area (Å²) in [7, 11) is 1.78. The highest BCUT2D eigenvalue weighted by atomic mass is 16.4. The van der Waals surface area contributed by atoms with Gasteiger partial charge in [-0.1, -0.05) is 0 Å². The summed E-state index contributed by atoms with van der Waals surface area (Å²) in [5.74, 6) is -2.16. The standard InChI is InChI=1S/C15H14N2O4/c1-17-5-4-8-6-9(7-11(13(8)17)15(20)21)10-2-3-12(18)16-14(10)19/h4-7,10H,2-3H2,1H3,(H,20,21)(H,16,18,19). The summed E-state index contributed by atoms with van der Waals surface area (Å²) in [5.41, 5.74) is 1.43. The van der Waals surface area contributed by atoms with E-state index in [-0.39, 0.29) is 23.8 Å². The molecule has 1 atom stereocenters. The number of aromatic carboxylic acids is 1. The quantitative estimate of drug-likeness (QED) is 0.817. The number of amides is 2. The molecule has 0 aliphatic carbocycles. The van der Waals surface area contributed by atoms with E-state index in [1.165, 1.54) is 6.07 Å². The molecule has 6 heteroatoms. The van der Waals surface area contributed by atoms with E-state index in [0.717, 1.165) is 5.39 Å². The summed E-state index contributed by atoms with van der Waals surface area (Å²) in [6.07, 6.45) is 2.46. The zero-order chi connectivity index (χ0) is 15.1. The molecule has 1 saturated heterocycles. The summed E-state index contributed by atoms with van der Waals surface area (Å²) in [5, 5.41) is 12.5. The predicted molar refractivity (Wildman–Crippen MR) is 75.0 cm³/mol. The molecule has 0 saturated carbocycles. The first-order valence-corrected chi connectivity index (χ1v) is 6.63. The van der Waals surface area contributed by atoms with E-state index in [1.807, 2.05) is 12.1 Å². The second kappa shape index (κ2) is 4.73. The topological polar surface area (TPSA) is 88.4 Å². The summed E-state index contributed by atoms with van der Waals surface area (Å²) in [6, 6.07) is 5.17. The molecule has 2 heterocycles. The van der Waals surface area contributed by atoms with Crippen LogP contribution in [-0.2, 0) is 16.6 Å². The Labute approximate surface area is 120 Å². The number of nitrogens with zero attached hydrogens (tertiary/aromatic N) is 1. The van der Waals surface area contributed by atoms with Gasteiger partial charge in [0.1, 0.15) is 0 Å². The molecule has 21 heavy (non-hydrogen) atoms. The van der Waals surface area contributed by atoms with Crippen LogP contribution in [0.3, 0.4) is 0 Å². The first-order valence-electron chi connectivity index (χ1n) is 6.63. The predicted octanol–water partition coefficient (Wildman–Crippen LogP) is 1.40.